The third-order valence-electron chi connectivity index (χ3n) is 3.94. The number of rotatable bonds is 8. The zero-order valence-electron chi connectivity index (χ0n) is 12.9. The molecule has 112 valence electrons. The molecule has 20 heavy (non-hydrogen) atoms. The van der Waals surface area contributed by atoms with Crippen molar-refractivity contribution in [3.63, 3.8) is 0 Å². The normalized spacial score (nSPS) is 17.0. The molecule has 0 bridgehead atoms. The highest BCUT2D eigenvalue weighted by atomic mass is 16.5. The first-order valence-corrected chi connectivity index (χ1v) is 7.64. The van der Waals surface area contributed by atoms with E-state index < -0.39 is 0 Å². The zero-order valence-corrected chi connectivity index (χ0v) is 12.9. The van der Waals surface area contributed by atoms with Gasteiger partial charge in [0.2, 0.25) is 0 Å². The fourth-order valence-corrected chi connectivity index (χ4v) is 2.68. The summed E-state index contributed by atoms with van der Waals surface area (Å²) in [5, 5.41) is 3.49. The van der Waals surface area contributed by atoms with E-state index in [9.17, 15) is 0 Å². The predicted octanol–water partition coefficient (Wildman–Crippen LogP) is 3.52. The Kier molecular flexibility index (Phi) is 5.44. The lowest BCUT2D eigenvalue weighted by atomic mass is 9.77. The summed E-state index contributed by atoms with van der Waals surface area (Å²) in [5.74, 6) is 0.976. The fraction of sp³-hybridized carbons (Fsp3) is 0.647. The maximum absolute atomic E-state index is 6.31. The van der Waals surface area contributed by atoms with E-state index in [2.05, 4.69) is 37.4 Å². The summed E-state index contributed by atoms with van der Waals surface area (Å²) in [6.45, 7) is 6.03. The molecular weight excluding hydrogens is 250 g/mol. The van der Waals surface area contributed by atoms with Crippen molar-refractivity contribution in [2.45, 2.75) is 57.8 Å². The Morgan fingerprint density at radius 1 is 1.30 bits per heavy atom. The van der Waals surface area contributed by atoms with Gasteiger partial charge in [0.1, 0.15) is 11.4 Å². The maximum atomic E-state index is 6.31. The van der Waals surface area contributed by atoms with Crippen molar-refractivity contribution in [3.8, 4) is 5.75 Å². The maximum Gasteiger partial charge on any atom is 0.120 e. The molecule has 1 aliphatic carbocycles. The summed E-state index contributed by atoms with van der Waals surface area (Å²) in [7, 11) is 1.72. The number of hydrogen-bond acceptors (Lipinski definition) is 3. The number of methoxy groups -OCH3 is 1. The van der Waals surface area contributed by atoms with Crippen LogP contribution in [0.15, 0.2) is 24.3 Å². The van der Waals surface area contributed by atoms with Gasteiger partial charge in [-0.1, -0.05) is 26.0 Å². The van der Waals surface area contributed by atoms with Crippen molar-refractivity contribution >= 4 is 0 Å². The molecule has 0 aromatic heterocycles. The van der Waals surface area contributed by atoms with Crippen molar-refractivity contribution < 1.29 is 9.47 Å². The average molecular weight is 277 g/mol. The molecule has 0 aliphatic heterocycles. The van der Waals surface area contributed by atoms with Gasteiger partial charge >= 0.3 is 0 Å². The second-order valence-corrected chi connectivity index (χ2v) is 6.08. The van der Waals surface area contributed by atoms with Crippen LogP contribution in [0.1, 0.15) is 45.1 Å². The van der Waals surface area contributed by atoms with Crippen LogP contribution in [0, 0.1) is 0 Å². The second kappa shape index (κ2) is 7.09. The SMILES string of the molecule is COCc1cccc(OC2(CCNC(C)C)CCC2)c1. The van der Waals surface area contributed by atoms with Gasteiger partial charge in [-0.2, -0.15) is 0 Å². The first-order valence-electron chi connectivity index (χ1n) is 7.64. The molecule has 0 saturated heterocycles. The highest BCUT2D eigenvalue weighted by Gasteiger charge is 2.38. The van der Waals surface area contributed by atoms with E-state index in [1.165, 1.54) is 24.8 Å². The lowest BCUT2D eigenvalue weighted by Gasteiger charge is -2.42. The van der Waals surface area contributed by atoms with Crippen molar-refractivity contribution in [1.29, 1.82) is 0 Å². The van der Waals surface area contributed by atoms with E-state index >= 15 is 0 Å². The smallest absolute Gasteiger partial charge is 0.120 e. The molecule has 1 aromatic carbocycles. The van der Waals surface area contributed by atoms with E-state index in [4.69, 9.17) is 9.47 Å². The number of nitrogens with one attached hydrogen (secondary N) is 1. The van der Waals surface area contributed by atoms with E-state index in [1.807, 2.05) is 6.07 Å². The molecule has 0 amide bonds. The molecule has 1 aromatic rings. The standard InChI is InChI=1S/C17H27NO2/c1-14(2)18-11-10-17(8-5-9-17)20-16-7-4-6-15(12-16)13-19-3/h4,6-7,12,14,18H,5,8-11,13H2,1-3H3. The van der Waals surface area contributed by atoms with Crippen molar-refractivity contribution in [2.24, 2.45) is 0 Å². The first kappa shape index (κ1) is 15.3. The summed E-state index contributed by atoms with van der Waals surface area (Å²) >= 11 is 0. The Morgan fingerprint density at radius 2 is 2.10 bits per heavy atom. The van der Waals surface area contributed by atoms with Gasteiger partial charge in [-0.3, -0.25) is 0 Å². The van der Waals surface area contributed by atoms with Crippen LogP contribution in [0.2, 0.25) is 0 Å². The molecule has 1 aliphatic rings. The van der Waals surface area contributed by atoms with Crippen LogP contribution in [0.5, 0.6) is 5.75 Å². The molecule has 1 saturated carbocycles. The summed E-state index contributed by atoms with van der Waals surface area (Å²) in [6.07, 6.45) is 4.70. The average Bonchev–Trinajstić information content (AvgIpc) is 2.36. The van der Waals surface area contributed by atoms with Crippen LogP contribution < -0.4 is 10.1 Å². The third-order valence-corrected chi connectivity index (χ3v) is 3.94. The lowest BCUT2D eigenvalue weighted by molar-refractivity contribution is -0.0146. The van der Waals surface area contributed by atoms with Gasteiger partial charge in [-0.15, -0.1) is 0 Å². The minimum atomic E-state index is 0.0492. The van der Waals surface area contributed by atoms with Gasteiger partial charge in [0.15, 0.2) is 0 Å². The summed E-state index contributed by atoms with van der Waals surface area (Å²) in [5.41, 5.74) is 1.22. The van der Waals surface area contributed by atoms with Crippen LogP contribution in [-0.2, 0) is 11.3 Å². The molecule has 3 heteroatoms. The molecule has 0 radical (unpaired) electrons. The van der Waals surface area contributed by atoms with Gasteiger partial charge in [0.05, 0.1) is 6.61 Å². The summed E-state index contributed by atoms with van der Waals surface area (Å²) in [6, 6.07) is 8.80. The molecule has 1 fully saturated rings. The van der Waals surface area contributed by atoms with Crippen LogP contribution >= 0.6 is 0 Å². The zero-order chi connectivity index (χ0) is 14.4. The second-order valence-electron chi connectivity index (χ2n) is 6.08. The minimum absolute atomic E-state index is 0.0492. The van der Waals surface area contributed by atoms with E-state index in [-0.39, 0.29) is 5.60 Å². The number of ether oxygens (including phenoxy) is 2. The van der Waals surface area contributed by atoms with Crippen LogP contribution in [-0.4, -0.2) is 25.3 Å². The van der Waals surface area contributed by atoms with E-state index in [0.29, 0.717) is 12.6 Å². The largest absolute Gasteiger partial charge is 0.487 e. The Hall–Kier alpha value is -1.06. The summed E-state index contributed by atoms with van der Waals surface area (Å²) < 4.78 is 11.5. The molecule has 0 atom stereocenters. The Bertz CT molecular complexity index is 413. The van der Waals surface area contributed by atoms with E-state index in [0.717, 1.165) is 18.7 Å². The number of benzene rings is 1. The van der Waals surface area contributed by atoms with Gasteiger partial charge in [-0.25, -0.2) is 0 Å². The molecule has 1 N–H and O–H groups in total. The quantitative estimate of drug-likeness (QED) is 0.788. The lowest BCUT2D eigenvalue weighted by Crippen LogP contribution is -2.45. The molecule has 2 rings (SSSR count). The van der Waals surface area contributed by atoms with E-state index in [1.54, 1.807) is 7.11 Å². The fourth-order valence-electron chi connectivity index (χ4n) is 2.68. The van der Waals surface area contributed by atoms with Crippen molar-refractivity contribution in [3.05, 3.63) is 29.8 Å². The molecule has 3 nitrogen and oxygen atoms in total. The molecular formula is C17H27NO2. The molecule has 0 heterocycles. The predicted molar refractivity (Wildman–Crippen MR) is 82.1 cm³/mol. The van der Waals surface area contributed by atoms with Crippen LogP contribution in [0.3, 0.4) is 0 Å². The third kappa shape index (κ3) is 4.22. The Morgan fingerprint density at radius 3 is 2.70 bits per heavy atom. The van der Waals surface area contributed by atoms with Gasteiger partial charge < -0.3 is 14.8 Å². The molecule has 0 spiro atoms. The van der Waals surface area contributed by atoms with Crippen molar-refractivity contribution in [2.75, 3.05) is 13.7 Å². The van der Waals surface area contributed by atoms with Gasteiger partial charge in [0, 0.05) is 13.2 Å². The van der Waals surface area contributed by atoms with Crippen LogP contribution in [0.25, 0.3) is 0 Å². The highest BCUT2D eigenvalue weighted by molar-refractivity contribution is 5.29. The molecule has 0 unspecified atom stereocenters. The van der Waals surface area contributed by atoms with Crippen LogP contribution in [0.4, 0.5) is 0 Å². The monoisotopic (exact) mass is 277 g/mol. The Labute approximate surface area is 122 Å². The first-order chi connectivity index (χ1) is 9.63. The van der Waals surface area contributed by atoms with Gasteiger partial charge in [0.25, 0.3) is 0 Å². The minimum Gasteiger partial charge on any atom is -0.487 e. The number of hydrogen-bond donors (Lipinski definition) is 1. The van der Waals surface area contributed by atoms with Gasteiger partial charge in [-0.05, 0) is 49.9 Å². The summed E-state index contributed by atoms with van der Waals surface area (Å²) in [4.78, 5) is 0. The Balaban J connectivity index is 1.93. The van der Waals surface area contributed by atoms with Crippen molar-refractivity contribution in [1.82, 2.24) is 5.32 Å². The topological polar surface area (TPSA) is 30.5 Å². The highest BCUT2D eigenvalue weighted by Crippen LogP contribution is 2.39.